The second-order valence-corrected chi connectivity index (χ2v) is 4.43. The van der Waals surface area contributed by atoms with E-state index >= 15 is 0 Å². The van der Waals surface area contributed by atoms with Crippen LogP contribution in [0.4, 0.5) is 5.69 Å². The molecule has 5 heteroatoms. The lowest BCUT2D eigenvalue weighted by atomic mass is 10.2. The molecule has 0 aliphatic heterocycles. The molecule has 0 saturated carbocycles. The van der Waals surface area contributed by atoms with Crippen molar-refractivity contribution in [1.29, 1.82) is 0 Å². The van der Waals surface area contributed by atoms with Gasteiger partial charge in [0, 0.05) is 38.1 Å². The van der Waals surface area contributed by atoms with Crippen molar-refractivity contribution < 1.29 is 0 Å². The fraction of sp³-hybridized carbons (Fsp3) is 0.500. The Hall–Kier alpha value is -1.78. The maximum atomic E-state index is 4.41. The molecule has 1 N–H and O–H groups in total. The summed E-state index contributed by atoms with van der Waals surface area (Å²) in [7, 11) is 3.90. The van der Waals surface area contributed by atoms with Gasteiger partial charge in [0.2, 0.25) is 0 Å². The van der Waals surface area contributed by atoms with Gasteiger partial charge in [0.05, 0.1) is 17.1 Å². The third-order valence-corrected chi connectivity index (χ3v) is 3.13. The van der Waals surface area contributed by atoms with Crippen molar-refractivity contribution in [2.24, 2.45) is 14.1 Å². The first-order chi connectivity index (χ1) is 7.99. The molecule has 0 amide bonds. The number of nitrogens with one attached hydrogen (secondary N) is 1. The van der Waals surface area contributed by atoms with E-state index in [4.69, 9.17) is 0 Å². The lowest BCUT2D eigenvalue weighted by molar-refractivity contribution is 0.730. The molecule has 2 aromatic heterocycles. The Morgan fingerprint density at radius 2 is 1.82 bits per heavy atom. The molecule has 2 heterocycles. The molecule has 0 saturated heterocycles. The van der Waals surface area contributed by atoms with Crippen LogP contribution < -0.4 is 5.32 Å². The molecule has 0 atom stereocenters. The van der Waals surface area contributed by atoms with E-state index < -0.39 is 0 Å². The van der Waals surface area contributed by atoms with Crippen LogP contribution >= 0.6 is 0 Å². The highest BCUT2D eigenvalue weighted by molar-refractivity contribution is 5.46. The normalized spacial score (nSPS) is 10.9. The van der Waals surface area contributed by atoms with E-state index in [0.29, 0.717) is 0 Å². The predicted octanol–water partition coefficient (Wildman–Crippen LogP) is 1.69. The van der Waals surface area contributed by atoms with E-state index in [2.05, 4.69) is 22.4 Å². The fourth-order valence-corrected chi connectivity index (χ4v) is 2.03. The zero-order valence-corrected chi connectivity index (χ0v) is 11.1. The first kappa shape index (κ1) is 11.7. The minimum Gasteiger partial charge on any atom is -0.378 e. The summed E-state index contributed by atoms with van der Waals surface area (Å²) in [5.74, 6) is 0. The monoisotopic (exact) mass is 233 g/mol. The van der Waals surface area contributed by atoms with E-state index in [9.17, 15) is 0 Å². The number of hydrogen-bond acceptors (Lipinski definition) is 3. The van der Waals surface area contributed by atoms with Crippen LogP contribution in [-0.2, 0) is 20.6 Å². The summed E-state index contributed by atoms with van der Waals surface area (Å²) in [6.45, 7) is 6.93. The van der Waals surface area contributed by atoms with E-state index in [1.165, 1.54) is 11.3 Å². The number of aryl methyl sites for hydroxylation is 4. The Morgan fingerprint density at radius 1 is 1.12 bits per heavy atom. The minimum absolute atomic E-state index is 0.790. The second-order valence-electron chi connectivity index (χ2n) is 4.43. The maximum Gasteiger partial charge on any atom is 0.0825 e. The summed E-state index contributed by atoms with van der Waals surface area (Å²) in [5.41, 5.74) is 5.65. The van der Waals surface area contributed by atoms with Crippen LogP contribution in [0.15, 0.2) is 6.20 Å². The van der Waals surface area contributed by atoms with Crippen LogP contribution in [0.3, 0.4) is 0 Å². The van der Waals surface area contributed by atoms with Gasteiger partial charge in [-0.25, -0.2) is 0 Å². The Labute approximate surface area is 101 Å². The maximum absolute atomic E-state index is 4.41. The Kier molecular flexibility index (Phi) is 2.92. The van der Waals surface area contributed by atoms with Crippen molar-refractivity contribution >= 4 is 5.69 Å². The van der Waals surface area contributed by atoms with Gasteiger partial charge in [0.15, 0.2) is 0 Å². The van der Waals surface area contributed by atoms with Gasteiger partial charge in [0.25, 0.3) is 0 Å². The summed E-state index contributed by atoms with van der Waals surface area (Å²) in [5, 5.41) is 12.1. The standard InChI is InChI=1S/C12H19N5/c1-8-11(10(3)17(5)15-8)6-13-12-7-16(4)14-9(12)2/h7,13H,6H2,1-5H3. The summed E-state index contributed by atoms with van der Waals surface area (Å²) in [4.78, 5) is 0. The first-order valence-corrected chi connectivity index (χ1v) is 5.72. The van der Waals surface area contributed by atoms with Crippen molar-refractivity contribution in [2.45, 2.75) is 27.3 Å². The number of hydrogen-bond donors (Lipinski definition) is 1. The SMILES string of the molecule is Cc1nn(C)cc1NCc1c(C)nn(C)c1C. The Balaban J connectivity index is 2.15. The van der Waals surface area contributed by atoms with Gasteiger partial charge in [-0.1, -0.05) is 0 Å². The number of rotatable bonds is 3. The highest BCUT2D eigenvalue weighted by Crippen LogP contribution is 2.16. The summed E-state index contributed by atoms with van der Waals surface area (Å²) in [6.07, 6.45) is 2.00. The first-order valence-electron chi connectivity index (χ1n) is 5.72. The molecule has 5 nitrogen and oxygen atoms in total. The van der Waals surface area contributed by atoms with Gasteiger partial charge in [-0.3, -0.25) is 9.36 Å². The lowest BCUT2D eigenvalue weighted by Crippen LogP contribution is -2.02. The average Bonchev–Trinajstić information content (AvgIpc) is 2.67. The van der Waals surface area contributed by atoms with E-state index in [1.54, 1.807) is 0 Å². The number of nitrogens with zero attached hydrogens (tertiary/aromatic N) is 4. The van der Waals surface area contributed by atoms with Crippen LogP contribution in [0.25, 0.3) is 0 Å². The molecule has 0 unspecified atom stereocenters. The van der Waals surface area contributed by atoms with Crippen LogP contribution in [-0.4, -0.2) is 19.6 Å². The van der Waals surface area contributed by atoms with E-state index in [-0.39, 0.29) is 0 Å². The van der Waals surface area contributed by atoms with Crippen molar-refractivity contribution in [1.82, 2.24) is 19.6 Å². The fourth-order valence-electron chi connectivity index (χ4n) is 2.03. The van der Waals surface area contributed by atoms with Gasteiger partial charge >= 0.3 is 0 Å². The largest absolute Gasteiger partial charge is 0.378 e. The average molecular weight is 233 g/mol. The second kappa shape index (κ2) is 4.24. The zero-order chi connectivity index (χ0) is 12.6. The molecule has 2 rings (SSSR count). The quantitative estimate of drug-likeness (QED) is 0.877. The molecular formula is C12H19N5. The topological polar surface area (TPSA) is 47.7 Å². The molecular weight excluding hydrogens is 214 g/mol. The third-order valence-electron chi connectivity index (χ3n) is 3.13. The molecule has 0 aromatic carbocycles. The van der Waals surface area contributed by atoms with Crippen LogP contribution in [0.2, 0.25) is 0 Å². The van der Waals surface area contributed by atoms with Crippen LogP contribution in [0, 0.1) is 20.8 Å². The van der Waals surface area contributed by atoms with Crippen LogP contribution in [0.5, 0.6) is 0 Å². The predicted molar refractivity (Wildman–Crippen MR) is 68.0 cm³/mol. The minimum atomic E-state index is 0.790. The molecule has 0 radical (unpaired) electrons. The van der Waals surface area contributed by atoms with Crippen molar-refractivity contribution in [3.8, 4) is 0 Å². The van der Waals surface area contributed by atoms with Gasteiger partial charge in [-0.05, 0) is 20.8 Å². The van der Waals surface area contributed by atoms with E-state index in [1.807, 2.05) is 43.5 Å². The summed E-state index contributed by atoms with van der Waals surface area (Å²) >= 11 is 0. The van der Waals surface area contributed by atoms with Crippen LogP contribution in [0.1, 0.15) is 22.6 Å². The van der Waals surface area contributed by atoms with Crippen molar-refractivity contribution in [2.75, 3.05) is 5.32 Å². The number of anilines is 1. The summed E-state index contributed by atoms with van der Waals surface area (Å²) < 4.78 is 3.74. The van der Waals surface area contributed by atoms with Gasteiger partial charge in [0.1, 0.15) is 0 Å². The van der Waals surface area contributed by atoms with E-state index in [0.717, 1.165) is 23.6 Å². The molecule has 0 bridgehead atoms. The Bertz CT molecular complexity index is 535. The van der Waals surface area contributed by atoms with Gasteiger partial charge in [-0.2, -0.15) is 10.2 Å². The smallest absolute Gasteiger partial charge is 0.0825 e. The van der Waals surface area contributed by atoms with Crippen molar-refractivity contribution in [3.05, 3.63) is 28.8 Å². The molecule has 0 fully saturated rings. The molecule has 0 spiro atoms. The molecule has 0 aliphatic carbocycles. The number of aromatic nitrogens is 4. The zero-order valence-electron chi connectivity index (χ0n) is 11.1. The lowest BCUT2D eigenvalue weighted by Gasteiger charge is -2.05. The molecule has 2 aromatic rings. The van der Waals surface area contributed by atoms with Crippen molar-refractivity contribution in [3.63, 3.8) is 0 Å². The summed E-state index contributed by atoms with van der Waals surface area (Å²) in [6, 6.07) is 0. The highest BCUT2D eigenvalue weighted by atomic mass is 15.3. The molecule has 0 aliphatic rings. The molecule has 17 heavy (non-hydrogen) atoms. The molecule has 92 valence electrons. The van der Waals surface area contributed by atoms with Gasteiger partial charge in [-0.15, -0.1) is 0 Å². The Morgan fingerprint density at radius 3 is 2.29 bits per heavy atom. The van der Waals surface area contributed by atoms with Gasteiger partial charge < -0.3 is 5.32 Å². The highest BCUT2D eigenvalue weighted by Gasteiger charge is 2.10. The third kappa shape index (κ3) is 2.18.